The van der Waals surface area contributed by atoms with Crippen LogP contribution in [0.3, 0.4) is 0 Å². The Balaban J connectivity index is 1.56. The molecule has 0 heteroatoms. The van der Waals surface area contributed by atoms with Crippen molar-refractivity contribution in [2.24, 2.45) is 5.92 Å². The third kappa shape index (κ3) is 2.82. The summed E-state index contributed by atoms with van der Waals surface area (Å²) in [6, 6.07) is 31.9. The monoisotopic (exact) mass is 398 g/mol. The summed E-state index contributed by atoms with van der Waals surface area (Å²) in [5.41, 5.74) is 10.9. The molecule has 0 atom stereocenters. The first kappa shape index (κ1) is 18.4. The highest BCUT2D eigenvalue weighted by Crippen LogP contribution is 2.50. The van der Waals surface area contributed by atoms with Gasteiger partial charge >= 0.3 is 0 Å². The zero-order chi connectivity index (χ0) is 21.1. The first-order chi connectivity index (χ1) is 15.1. The summed E-state index contributed by atoms with van der Waals surface area (Å²) in [6.45, 7) is 6.83. The molecule has 0 saturated carbocycles. The van der Waals surface area contributed by atoms with Crippen LogP contribution in [0.2, 0.25) is 0 Å². The van der Waals surface area contributed by atoms with E-state index in [2.05, 4.69) is 106 Å². The summed E-state index contributed by atoms with van der Waals surface area (Å²) < 4.78 is 0. The molecule has 0 N–H and O–H groups in total. The van der Waals surface area contributed by atoms with Crippen molar-refractivity contribution < 1.29 is 0 Å². The van der Waals surface area contributed by atoms with Gasteiger partial charge in [0.15, 0.2) is 0 Å². The minimum Gasteiger partial charge on any atom is -0.0625 e. The first-order valence-corrected chi connectivity index (χ1v) is 11.3. The van der Waals surface area contributed by atoms with Crippen molar-refractivity contribution in [3.8, 4) is 33.4 Å². The fourth-order valence-corrected chi connectivity index (χ4v) is 5.47. The molecule has 150 valence electrons. The molecule has 0 unspecified atom stereocenters. The quantitative estimate of drug-likeness (QED) is 0.279. The van der Waals surface area contributed by atoms with Crippen LogP contribution < -0.4 is 0 Å². The van der Waals surface area contributed by atoms with Gasteiger partial charge in [-0.3, -0.25) is 0 Å². The van der Waals surface area contributed by atoms with E-state index in [0.29, 0.717) is 5.92 Å². The summed E-state index contributed by atoms with van der Waals surface area (Å²) in [5, 5.41) is 5.40. The largest absolute Gasteiger partial charge is 0.0625 e. The maximum Gasteiger partial charge on any atom is -0.00263 e. The first-order valence-electron chi connectivity index (χ1n) is 11.3. The van der Waals surface area contributed by atoms with Gasteiger partial charge in [-0.05, 0) is 91.4 Å². The van der Waals surface area contributed by atoms with Gasteiger partial charge in [0.1, 0.15) is 0 Å². The van der Waals surface area contributed by atoms with E-state index >= 15 is 0 Å². The zero-order valence-electron chi connectivity index (χ0n) is 18.4. The lowest BCUT2D eigenvalue weighted by molar-refractivity contribution is 0.648. The molecule has 0 spiro atoms. The maximum absolute atomic E-state index is 2.41. The van der Waals surface area contributed by atoms with Crippen LogP contribution in [0.5, 0.6) is 0 Å². The lowest BCUT2D eigenvalue weighted by atomic mass is 9.90. The lowest BCUT2D eigenvalue weighted by Crippen LogP contribution is -1.94. The normalized spacial score (nSPS) is 12.1. The van der Waals surface area contributed by atoms with Gasteiger partial charge in [0.05, 0.1) is 0 Å². The molecule has 0 fully saturated rings. The van der Waals surface area contributed by atoms with Crippen molar-refractivity contribution in [3.05, 3.63) is 96.1 Å². The third-order valence-corrected chi connectivity index (χ3v) is 6.70. The predicted molar refractivity (Wildman–Crippen MR) is 135 cm³/mol. The number of hydrogen-bond acceptors (Lipinski definition) is 0. The molecule has 0 aliphatic heterocycles. The van der Waals surface area contributed by atoms with Gasteiger partial charge in [-0.2, -0.15) is 0 Å². The zero-order valence-corrected chi connectivity index (χ0v) is 18.4. The number of rotatable bonds is 3. The van der Waals surface area contributed by atoms with Gasteiger partial charge in [-0.1, -0.05) is 92.7 Å². The highest BCUT2D eigenvalue weighted by molar-refractivity contribution is 6.16. The van der Waals surface area contributed by atoms with Crippen LogP contribution in [0, 0.1) is 12.8 Å². The van der Waals surface area contributed by atoms with E-state index in [4.69, 9.17) is 0 Å². The molecular weight excluding hydrogens is 372 g/mol. The number of benzene rings is 5. The highest BCUT2D eigenvalue weighted by Gasteiger charge is 2.23. The van der Waals surface area contributed by atoms with Crippen molar-refractivity contribution in [2.75, 3.05) is 0 Å². The van der Waals surface area contributed by atoms with E-state index in [-0.39, 0.29) is 0 Å². The molecule has 0 saturated heterocycles. The minimum absolute atomic E-state index is 0.671. The molecule has 31 heavy (non-hydrogen) atoms. The van der Waals surface area contributed by atoms with Gasteiger partial charge in [0.25, 0.3) is 0 Å². The fraction of sp³-hybridized carbons (Fsp3) is 0.161. The standard InChI is InChI=1S/C31H26/c1-19(2)15-21-13-14-26-23(17-21)9-6-10-25(26)24-16-20(3)30-28-12-5-8-22-7-4-11-27(31(22)28)29(30)18-24/h4-14,16-19H,15H2,1-3H3. The van der Waals surface area contributed by atoms with Gasteiger partial charge in [0.2, 0.25) is 0 Å². The van der Waals surface area contributed by atoms with E-state index in [1.165, 1.54) is 66.1 Å². The summed E-state index contributed by atoms with van der Waals surface area (Å²) in [5.74, 6) is 0.671. The Labute approximate surface area is 184 Å². The second-order valence-electron chi connectivity index (χ2n) is 9.38. The lowest BCUT2D eigenvalue weighted by Gasteiger charge is -2.14. The van der Waals surface area contributed by atoms with Crippen LogP contribution in [0.25, 0.3) is 54.9 Å². The second-order valence-corrected chi connectivity index (χ2v) is 9.38. The smallest absolute Gasteiger partial charge is 0.00263 e. The van der Waals surface area contributed by atoms with Crippen LogP contribution in [-0.2, 0) is 6.42 Å². The molecule has 1 aliphatic rings. The maximum atomic E-state index is 2.41. The molecule has 0 heterocycles. The van der Waals surface area contributed by atoms with Gasteiger partial charge in [-0.15, -0.1) is 0 Å². The summed E-state index contributed by atoms with van der Waals surface area (Å²) in [7, 11) is 0. The van der Waals surface area contributed by atoms with Crippen LogP contribution in [0.1, 0.15) is 25.0 Å². The average molecular weight is 399 g/mol. The summed E-state index contributed by atoms with van der Waals surface area (Å²) in [4.78, 5) is 0. The van der Waals surface area contributed by atoms with Crippen molar-refractivity contribution in [1.82, 2.24) is 0 Å². The second kappa shape index (κ2) is 6.82. The highest BCUT2D eigenvalue weighted by atomic mass is 14.3. The summed E-state index contributed by atoms with van der Waals surface area (Å²) >= 11 is 0. The van der Waals surface area contributed by atoms with Crippen LogP contribution in [0.4, 0.5) is 0 Å². The summed E-state index contributed by atoms with van der Waals surface area (Å²) in [6.07, 6.45) is 1.13. The van der Waals surface area contributed by atoms with E-state index in [1.54, 1.807) is 0 Å². The number of fused-ring (bicyclic) bond motifs is 4. The molecular formula is C31H26. The third-order valence-electron chi connectivity index (χ3n) is 6.70. The Bertz CT molecular complexity index is 1480. The number of hydrogen-bond donors (Lipinski definition) is 0. The average Bonchev–Trinajstić information content (AvgIpc) is 3.09. The van der Waals surface area contributed by atoms with Crippen molar-refractivity contribution in [3.63, 3.8) is 0 Å². The van der Waals surface area contributed by atoms with Gasteiger partial charge in [0, 0.05) is 0 Å². The molecule has 0 nitrogen and oxygen atoms in total. The number of aryl methyl sites for hydroxylation is 1. The SMILES string of the molecule is Cc1cc(-c2cccc3cc(CC(C)C)ccc23)cc2c1-c1cccc3cccc-2c13. The van der Waals surface area contributed by atoms with E-state index in [1.807, 2.05) is 0 Å². The molecule has 6 rings (SSSR count). The fourth-order valence-electron chi connectivity index (χ4n) is 5.47. The van der Waals surface area contributed by atoms with Gasteiger partial charge in [-0.25, -0.2) is 0 Å². The Kier molecular flexibility index (Phi) is 4.05. The Morgan fingerprint density at radius 2 is 1.35 bits per heavy atom. The van der Waals surface area contributed by atoms with Crippen LogP contribution in [-0.4, -0.2) is 0 Å². The molecule has 0 aromatic heterocycles. The molecule has 1 aliphatic carbocycles. The molecule has 0 radical (unpaired) electrons. The van der Waals surface area contributed by atoms with E-state index in [9.17, 15) is 0 Å². The van der Waals surface area contributed by atoms with E-state index in [0.717, 1.165) is 6.42 Å². The van der Waals surface area contributed by atoms with Crippen LogP contribution in [0.15, 0.2) is 84.9 Å². The Hall–Kier alpha value is -3.38. The molecule has 0 bridgehead atoms. The Morgan fingerprint density at radius 3 is 2.13 bits per heavy atom. The van der Waals surface area contributed by atoms with E-state index < -0.39 is 0 Å². The minimum atomic E-state index is 0.671. The molecule has 5 aromatic rings. The predicted octanol–water partition coefficient (Wildman–Crippen LogP) is 8.81. The van der Waals surface area contributed by atoms with Crippen molar-refractivity contribution in [1.29, 1.82) is 0 Å². The van der Waals surface area contributed by atoms with Crippen molar-refractivity contribution >= 4 is 21.5 Å². The topological polar surface area (TPSA) is 0 Å². The molecule has 0 amide bonds. The van der Waals surface area contributed by atoms with Crippen LogP contribution >= 0.6 is 0 Å². The Morgan fingerprint density at radius 1 is 0.645 bits per heavy atom. The van der Waals surface area contributed by atoms with Crippen molar-refractivity contribution in [2.45, 2.75) is 27.2 Å². The molecule has 5 aromatic carbocycles. The van der Waals surface area contributed by atoms with Gasteiger partial charge < -0.3 is 0 Å².